The minimum atomic E-state index is 0.224. The molecular formula is C21H24N4S. The summed E-state index contributed by atoms with van der Waals surface area (Å²) in [5, 5.41) is 8.84. The largest absolute Gasteiger partial charge is 0.375 e. The average Bonchev–Trinajstić information content (AvgIpc) is 2.68. The fraction of sp³-hybridized carbons (Fsp3) is 0.333. The summed E-state index contributed by atoms with van der Waals surface area (Å²) in [7, 11) is 0. The first-order chi connectivity index (χ1) is 12.7. The van der Waals surface area contributed by atoms with Crippen molar-refractivity contribution < 1.29 is 0 Å². The molecule has 2 bridgehead atoms. The summed E-state index contributed by atoms with van der Waals surface area (Å²) >= 11 is 4.99. The maximum Gasteiger partial charge on any atom is 0.184 e. The molecule has 1 aliphatic carbocycles. The summed E-state index contributed by atoms with van der Waals surface area (Å²) in [6.07, 6.45) is 3.47. The Balaban J connectivity index is 1.76. The van der Waals surface area contributed by atoms with E-state index in [1.165, 1.54) is 23.3 Å². The zero-order chi connectivity index (χ0) is 17.9. The van der Waals surface area contributed by atoms with Crippen LogP contribution in [0.25, 0.3) is 0 Å². The Morgan fingerprint density at radius 1 is 0.923 bits per heavy atom. The van der Waals surface area contributed by atoms with Crippen LogP contribution in [-0.2, 0) is 0 Å². The van der Waals surface area contributed by atoms with Crippen LogP contribution >= 0.6 is 12.2 Å². The van der Waals surface area contributed by atoms with Gasteiger partial charge >= 0.3 is 0 Å². The van der Waals surface area contributed by atoms with Crippen molar-refractivity contribution in [3.63, 3.8) is 0 Å². The number of hydrogen-bond donors (Lipinski definition) is 3. The lowest BCUT2D eigenvalue weighted by molar-refractivity contribution is 0.232. The number of fused-ring (bicyclic) bond motifs is 2. The third-order valence-corrected chi connectivity index (χ3v) is 5.66. The van der Waals surface area contributed by atoms with Crippen molar-refractivity contribution in [2.45, 2.75) is 31.3 Å². The van der Waals surface area contributed by atoms with Gasteiger partial charge in [-0.3, -0.25) is 5.43 Å². The predicted octanol–water partition coefficient (Wildman–Crippen LogP) is 3.68. The molecule has 1 heterocycles. The molecule has 4 atom stereocenters. The number of hydrazone groups is 1. The second-order valence-electron chi connectivity index (χ2n) is 7.10. The summed E-state index contributed by atoms with van der Waals surface area (Å²) < 4.78 is 0. The molecule has 5 heteroatoms. The number of benzene rings is 2. The van der Waals surface area contributed by atoms with Crippen molar-refractivity contribution in [3.05, 3.63) is 71.8 Å². The zero-order valence-corrected chi connectivity index (χ0v) is 15.5. The minimum absolute atomic E-state index is 0.224. The smallest absolute Gasteiger partial charge is 0.184 e. The number of thiocarbonyl (C=S) groups is 1. The van der Waals surface area contributed by atoms with Crippen LogP contribution in [0.2, 0.25) is 0 Å². The molecule has 0 radical (unpaired) electrons. The second-order valence-corrected chi connectivity index (χ2v) is 7.54. The molecule has 4 nitrogen and oxygen atoms in total. The van der Waals surface area contributed by atoms with Gasteiger partial charge < -0.3 is 11.1 Å². The van der Waals surface area contributed by atoms with E-state index in [4.69, 9.17) is 18.0 Å². The van der Waals surface area contributed by atoms with E-state index in [1.54, 1.807) is 0 Å². The molecule has 4 N–H and O–H groups in total. The molecular weight excluding hydrogens is 340 g/mol. The summed E-state index contributed by atoms with van der Waals surface area (Å²) in [4.78, 5) is 0. The van der Waals surface area contributed by atoms with E-state index in [0.29, 0.717) is 11.8 Å². The Hall–Kier alpha value is -2.24. The standard InChI is InChI=1S/C21H24N4S/c22-21(26)25-24-20-16-12-7-13-17(20)19(15-10-5-2-6-11-15)23-18(16)14-8-3-1-4-9-14/h1-6,8-11,16-19,23H,7,12-13H2,(H3,22,25,26)/t16-,17+,18-,19-/m0/s1. The van der Waals surface area contributed by atoms with Gasteiger partial charge in [0.1, 0.15) is 0 Å². The maximum atomic E-state index is 5.65. The van der Waals surface area contributed by atoms with Crippen LogP contribution in [-0.4, -0.2) is 10.8 Å². The highest BCUT2D eigenvalue weighted by molar-refractivity contribution is 7.80. The fourth-order valence-corrected chi connectivity index (χ4v) is 4.54. The van der Waals surface area contributed by atoms with Gasteiger partial charge in [0.15, 0.2) is 5.11 Å². The molecule has 26 heavy (non-hydrogen) atoms. The van der Waals surface area contributed by atoms with Gasteiger partial charge in [0, 0.05) is 29.6 Å². The summed E-state index contributed by atoms with van der Waals surface area (Å²) in [6.45, 7) is 0. The number of rotatable bonds is 3. The molecule has 134 valence electrons. The van der Waals surface area contributed by atoms with Gasteiger partial charge in [-0.1, -0.05) is 67.1 Å². The van der Waals surface area contributed by atoms with Crippen molar-refractivity contribution in [3.8, 4) is 0 Å². The first-order valence-corrected chi connectivity index (χ1v) is 9.63. The molecule has 2 aliphatic rings. The summed E-state index contributed by atoms with van der Waals surface area (Å²) in [5.41, 5.74) is 12.3. The monoisotopic (exact) mass is 364 g/mol. The molecule has 2 aromatic rings. The zero-order valence-electron chi connectivity index (χ0n) is 14.6. The Kier molecular flexibility index (Phi) is 5.00. The van der Waals surface area contributed by atoms with Crippen LogP contribution in [0, 0.1) is 11.8 Å². The first-order valence-electron chi connectivity index (χ1n) is 9.23. The van der Waals surface area contributed by atoms with Crippen molar-refractivity contribution in [1.29, 1.82) is 0 Å². The Morgan fingerprint density at radius 2 is 1.42 bits per heavy atom. The second kappa shape index (κ2) is 7.56. The van der Waals surface area contributed by atoms with Crippen LogP contribution in [0.4, 0.5) is 0 Å². The quantitative estimate of drug-likeness (QED) is 0.574. The third kappa shape index (κ3) is 3.37. The van der Waals surface area contributed by atoms with Crippen molar-refractivity contribution >= 4 is 23.0 Å². The predicted molar refractivity (Wildman–Crippen MR) is 110 cm³/mol. The number of nitrogens with zero attached hydrogens (tertiary/aromatic N) is 1. The molecule has 1 saturated heterocycles. The van der Waals surface area contributed by atoms with Crippen molar-refractivity contribution in [2.75, 3.05) is 0 Å². The van der Waals surface area contributed by atoms with Gasteiger partial charge in [0.2, 0.25) is 0 Å². The van der Waals surface area contributed by atoms with Crippen LogP contribution in [0.15, 0.2) is 65.8 Å². The first kappa shape index (κ1) is 17.2. The van der Waals surface area contributed by atoms with E-state index >= 15 is 0 Å². The SMILES string of the molecule is NC(=S)NN=C1[C@H]2CCC[C@@H]1[C@H](c1ccccc1)N[C@H]2c1ccccc1. The lowest BCUT2D eigenvalue weighted by Gasteiger charge is -2.47. The summed E-state index contributed by atoms with van der Waals surface area (Å²) in [5.74, 6) is 0.718. The number of piperidine rings is 1. The highest BCUT2D eigenvalue weighted by Gasteiger charge is 2.45. The topological polar surface area (TPSA) is 62.4 Å². The Labute approximate surface area is 159 Å². The van der Waals surface area contributed by atoms with E-state index < -0.39 is 0 Å². The molecule has 0 unspecified atom stereocenters. The lowest BCUT2D eigenvalue weighted by Crippen LogP contribution is -2.51. The number of nitrogens with two attached hydrogens (primary N) is 1. The number of hydrogen-bond acceptors (Lipinski definition) is 3. The molecule has 2 aromatic carbocycles. The van der Waals surface area contributed by atoms with Gasteiger partial charge in [-0.25, -0.2) is 0 Å². The Bertz CT molecular complexity index is 735. The van der Waals surface area contributed by atoms with E-state index in [1.807, 2.05) is 0 Å². The fourth-order valence-electron chi connectivity index (χ4n) is 4.49. The molecule has 0 amide bonds. The average molecular weight is 365 g/mol. The van der Waals surface area contributed by atoms with Gasteiger partial charge in [0.25, 0.3) is 0 Å². The Morgan fingerprint density at radius 3 is 1.88 bits per heavy atom. The molecule has 1 aliphatic heterocycles. The normalized spacial score (nSPS) is 29.3. The molecule has 4 rings (SSSR count). The lowest BCUT2D eigenvalue weighted by atomic mass is 9.67. The molecule has 2 fully saturated rings. The maximum absolute atomic E-state index is 5.65. The van der Waals surface area contributed by atoms with E-state index in [-0.39, 0.29) is 17.2 Å². The van der Waals surface area contributed by atoms with Gasteiger partial charge in [-0.2, -0.15) is 5.10 Å². The summed E-state index contributed by atoms with van der Waals surface area (Å²) in [6, 6.07) is 21.8. The highest BCUT2D eigenvalue weighted by Crippen LogP contribution is 2.46. The minimum Gasteiger partial charge on any atom is -0.375 e. The van der Waals surface area contributed by atoms with Gasteiger partial charge in [0.05, 0.1) is 0 Å². The molecule has 0 spiro atoms. The van der Waals surface area contributed by atoms with Crippen LogP contribution in [0.5, 0.6) is 0 Å². The molecule has 0 aromatic heterocycles. The van der Waals surface area contributed by atoms with E-state index in [2.05, 4.69) is 76.5 Å². The van der Waals surface area contributed by atoms with Crippen molar-refractivity contribution in [1.82, 2.24) is 10.7 Å². The van der Waals surface area contributed by atoms with E-state index in [0.717, 1.165) is 12.8 Å². The van der Waals surface area contributed by atoms with Gasteiger partial charge in [-0.05, 0) is 36.2 Å². The van der Waals surface area contributed by atoms with Crippen LogP contribution in [0.1, 0.15) is 42.5 Å². The number of nitrogens with one attached hydrogen (secondary N) is 2. The van der Waals surface area contributed by atoms with Crippen LogP contribution < -0.4 is 16.5 Å². The van der Waals surface area contributed by atoms with Gasteiger partial charge in [-0.15, -0.1) is 0 Å². The third-order valence-electron chi connectivity index (χ3n) is 5.57. The highest BCUT2D eigenvalue weighted by atomic mass is 32.1. The molecule has 1 saturated carbocycles. The van der Waals surface area contributed by atoms with E-state index in [9.17, 15) is 0 Å². The van der Waals surface area contributed by atoms with Crippen LogP contribution in [0.3, 0.4) is 0 Å². The van der Waals surface area contributed by atoms with Crippen molar-refractivity contribution in [2.24, 2.45) is 22.7 Å².